The standard InChI is InChI=1S/C10H14N4O4S/c1-5(8(11)15)13-10(18)12-3-2-7-14-6(4-19-7)9(16)17/h4-5H,2-3H2,1H3,(H2,11,15)(H,16,17)(H2,12,13,18). The number of nitrogens with two attached hydrogens (primary N) is 1. The second kappa shape index (κ2) is 6.69. The quantitative estimate of drug-likeness (QED) is 0.562. The van der Waals surface area contributed by atoms with E-state index in [0.717, 1.165) is 0 Å². The monoisotopic (exact) mass is 286 g/mol. The number of primary amides is 1. The van der Waals surface area contributed by atoms with Gasteiger partial charge in [0.15, 0.2) is 5.69 Å². The fourth-order valence-corrected chi connectivity index (χ4v) is 1.90. The summed E-state index contributed by atoms with van der Waals surface area (Å²) in [6.07, 6.45) is 0.413. The lowest BCUT2D eigenvalue weighted by atomic mass is 10.3. The Balaban J connectivity index is 2.31. The molecule has 5 N–H and O–H groups in total. The second-order valence-electron chi connectivity index (χ2n) is 3.71. The van der Waals surface area contributed by atoms with Crippen LogP contribution in [0, 0.1) is 0 Å². The highest BCUT2D eigenvalue weighted by Gasteiger charge is 2.12. The van der Waals surface area contributed by atoms with Crippen molar-refractivity contribution in [2.45, 2.75) is 19.4 Å². The van der Waals surface area contributed by atoms with Gasteiger partial charge in [-0.25, -0.2) is 14.6 Å². The highest BCUT2D eigenvalue weighted by molar-refractivity contribution is 7.09. The SMILES string of the molecule is CC(NC(=O)NCCc1nc(C(=O)O)cs1)C(N)=O. The number of amides is 3. The summed E-state index contributed by atoms with van der Waals surface area (Å²) in [4.78, 5) is 36.5. The number of carboxylic acids is 1. The Labute approximate surface area is 113 Å². The van der Waals surface area contributed by atoms with E-state index in [1.54, 1.807) is 0 Å². The summed E-state index contributed by atoms with van der Waals surface area (Å²) in [5.41, 5.74) is 4.98. The summed E-state index contributed by atoms with van der Waals surface area (Å²) in [5, 5.41) is 15.6. The zero-order valence-electron chi connectivity index (χ0n) is 10.2. The zero-order chi connectivity index (χ0) is 14.4. The number of urea groups is 1. The van der Waals surface area contributed by atoms with Crippen LogP contribution >= 0.6 is 11.3 Å². The van der Waals surface area contributed by atoms with E-state index in [1.807, 2.05) is 0 Å². The lowest BCUT2D eigenvalue weighted by molar-refractivity contribution is -0.119. The Morgan fingerprint density at radius 1 is 1.53 bits per heavy atom. The number of nitrogens with one attached hydrogen (secondary N) is 2. The number of rotatable bonds is 6. The van der Waals surface area contributed by atoms with Crippen LogP contribution in [0.25, 0.3) is 0 Å². The molecule has 1 atom stereocenters. The van der Waals surface area contributed by atoms with Crippen LogP contribution in [0.3, 0.4) is 0 Å². The number of nitrogens with zero attached hydrogens (tertiary/aromatic N) is 1. The molecule has 0 bridgehead atoms. The lowest BCUT2D eigenvalue weighted by Gasteiger charge is -2.10. The van der Waals surface area contributed by atoms with Gasteiger partial charge in [-0.15, -0.1) is 11.3 Å². The number of aromatic carboxylic acids is 1. The predicted octanol–water partition coefficient (Wildman–Crippen LogP) is -0.443. The van der Waals surface area contributed by atoms with Crippen molar-refractivity contribution in [2.75, 3.05) is 6.54 Å². The number of carboxylic acid groups (broad SMARTS) is 1. The number of carbonyl (C=O) groups excluding carboxylic acids is 2. The molecule has 0 aliphatic heterocycles. The van der Waals surface area contributed by atoms with Gasteiger partial charge in [0.05, 0.1) is 5.01 Å². The van der Waals surface area contributed by atoms with Crippen LogP contribution in [0.2, 0.25) is 0 Å². The molecule has 1 heterocycles. The summed E-state index contributed by atoms with van der Waals surface area (Å²) >= 11 is 1.21. The van der Waals surface area contributed by atoms with Crippen molar-refractivity contribution in [1.29, 1.82) is 0 Å². The molecular weight excluding hydrogens is 272 g/mol. The van der Waals surface area contributed by atoms with Crippen molar-refractivity contribution in [3.63, 3.8) is 0 Å². The fourth-order valence-electron chi connectivity index (χ4n) is 1.13. The molecule has 0 saturated carbocycles. The van der Waals surface area contributed by atoms with Crippen LogP contribution in [0.1, 0.15) is 22.4 Å². The third-order valence-corrected chi connectivity index (χ3v) is 3.08. The second-order valence-corrected chi connectivity index (χ2v) is 4.65. The number of thiazole rings is 1. The van der Waals surface area contributed by atoms with Gasteiger partial charge in [-0.3, -0.25) is 4.79 Å². The van der Waals surface area contributed by atoms with Gasteiger partial charge in [-0.05, 0) is 6.92 Å². The average molecular weight is 286 g/mol. The minimum Gasteiger partial charge on any atom is -0.476 e. The van der Waals surface area contributed by atoms with Crippen molar-refractivity contribution < 1.29 is 19.5 Å². The average Bonchev–Trinajstić information content (AvgIpc) is 2.77. The summed E-state index contributed by atoms with van der Waals surface area (Å²) in [6, 6.07) is -1.26. The van der Waals surface area contributed by atoms with Gasteiger partial charge in [0, 0.05) is 18.3 Å². The Morgan fingerprint density at radius 2 is 2.21 bits per heavy atom. The molecule has 1 unspecified atom stereocenters. The highest BCUT2D eigenvalue weighted by Crippen LogP contribution is 2.09. The molecule has 1 rings (SSSR count). The van der Waals surface area contributed by atoms with E-state index in [0.29, 0.717) is 11.4 Å². The molecule has 3 amide bonds. The van der Waals surface area contributed by atoms with Gasteiger partial charge in [-0.1, -0.05) is 0 Å². The maximum atomic E-state index is 11.3. The van der Waals surface area contributed by atoms with Gasteiger partial charge >= 0.3 is 12.0 Å². The number of carbonyl (C=O) groups is 3. The number of aromatic nitrogens is 1. The highest BCUT2D eigenvalue weighted by atomic mass is 32.1. The Bertz CT molecular complexity index is 488. The van der Waals surface area contributed by atoms with Crippen LogP contribution in [-0.4, -0.2) is 40.6 Å². The van der Waals surface area contributed by atoms with Crippen molar-refractivity contribution in [3.8, 4) is 0 Å². The number of hydrogen-bond donors (Lipinski definition) is 4. The first-order chi connectivity index (χ1) is 8.90. The van der Waals surface area contributed by atoms with E-state index in [9.17, 15) is 14.4 Å². The molecule has 0 fully saturated rings. The molecule has 9 heteroatoms. The molecule has 0 aromatic carbocycles. The van der Waals surface area contributed by atoms with E-state index in [-0.39, 0.29) is 12.2 Å². The predicted molar refractivity (Wildman–Crippen MR) is 68.0 cm³/mol. The summed E-state index contributed by atoms with van der Waals surface area (Å²) in [5.74, 6) is -1.70. The number of hydrogen-bond acceptors (Lipinski definition) is 5. The van der Waals surface area contributed by atoms with Gasteiger partial charge in [0.25, 0.3) is 0 Å². The molecule has 8 nitrogen and oxygen atoms in total. The first-order valence-corrected chi connectivity index (χ1v) is 6.29. The van der Waals surface area contributed by atoms with Gasteiger partial charge in [0.1, 0.15) is 6.04 Å². The molecule has 0 spiro atoms. The molecule has 1 aromatic rings. The topological polar surface area (TPSA) is 134 Å². The summed E-state index contributed by atoms with van der Waals surface area (Å²) < 4.78 is 0. The molecule has 104 valence electrons. The lowest BCUT2D eigenvalue weighted by Crippen LogP contribution is -2.47. The molecule has 0 saturated heterocycles. The van der Waals surface area contributed by atoms with Crippen LogP contribution in [-0.2, 0) is 11.2 Å². The zero-order valence-corrected chi connectivity index (χ0v) is 11.0. The maximum Gasteiger partial charge on any atom is 0.355 e. The van der Waals surface area contributed by atoms with Crippen molar-refractivity contribution in [1.82, 2.24) is 15.6 Å². The fraction of sp³-hybridized carbons (Fsp3) is 0.400. The van der Waals surface area contributed by atoms with Crippen LogP contribution in [0.4, 0.5) is 4.79 Å². The summed E-state index contributed by atoms with van der Waals surface area (Å²) in [6.45, 7) is 1.76. The van der Waals surface area contributed by atoms with Crippen LogP contribution < -0.4 is 16.4 Å². The third-order valence-electron chi connectivity index (χ3n) is 2.17. The first kappa shape index (κ1) is 14.9. The van der Waals surface area contributed by atoms with E-state index in [1.165, 1.54) is 23.6 Å². The van der Waals surface area contributed by atoms with Crippen molar-refractivity contribution in [3.05, 3.63) is 16.1 Å². The Hall–Kier alpha value is -2.16. The van der Waals surface area contributed by atoms with E-state index >= 15 is 0 Å². The van der Waals surface area contributed by atoms with Crippen LogP contribution in [0.15, 0.2) is 5.38 Å². The molecule has 0 radical (unpaired) electrons. The molecule has 0 aliphatic carbocycles. The molecule has 19 heavy (non-hydrogen) atoms. The Kier molecular flexibility index (Phi) is 5.24. The van der Waals surface area contributed by atoms with Gasteiger partial charge in [-0.2, -0.15) is 0 Å². The normalized spacial score (nSPS) is 11.6. The smallest absolute Gasteiger partial charge is 0.355 e. The third kappa shape index (κ3) is 4.92. The van der Waals surface area contributed by atoms with E-state index in [2.05, 4.69) is 15.6 Å². The van der Waals surface area contributed by atoms with E-state index in [4.69, 9.17) is 10.8 Å². The minimum absolute atomic E-state index is 0.00759. The van der Waals surface area contributed by atoms with Crippen molar-refractivity contribution >= 4 is 29.2 Å². The molecule has 1 aromatic heterocycles. The van der Waals surface area contributed by atoms with Gasteiger partial charge in [0.2, 0.25) is 5.91 Å². The van der Waals surface area contributed by atoms with E-state index < -0.39 is 23.9 Å². The maximum absolute atomic E-state index is 11.3. The Morgan fingerprint density at radius 3 is 2.74 bits per heavy atom. The molecule has 0 aliphatic rings. The molecular formula is C10H14N4O4S. The van der Waals surface area contributed by atoms with Gasteiger partial charge < -0.3 is 21.5 Å². The first-order valence-electron chi connectivity index (χ1n) is 5.41. The summed E-state index contributed by atoms with van der Waals surface area (Å²) in [7, 11) is 0. The minimum atomic E-state index is -1.08. The van der Waals surface area contributed by atoms with Crippen molar-refractivity contribution in [2.24, 2.45) is 5.73 Å². The van der Waals surface area contributed by atoms with Crippen LogP contribution in [0.5, 0.6) is 0 Å². The largest absolute Gasteiger partial charge is 0.476 e.